The van der Waals surface area contributed by atoms with Gasteiger partial charge in [-0.3, -0.25) is 4.90 Å². The predicted octanol–water partition coefficient (Wildman–Crippen LogP) is 2.62. The second-order valence-corrected chi connectivity index (χ2v) is 6.80. The Hall–Kier alpha value is -1.49. The van der Waals surface area contributed by atoms with Crippen LogP contribution in [0.15, 0.2) is 24.7 Å². The van der Waals surface area contributed by atoms with Crippen molar-refractivity contribution in [2.24, 2.45) is 0 Å². The second-order valence-electron chi connectivity index (χ2n) is 6.80. The van der Waals surface area contributed by atoms with Crippen LogP contribution in [-0.4, -0.2) is 59.1 Å². The third kappa shape index (κ3) is 4.77. The Balaban J connectivity index is 1.95. The average molecular weight is 293 g/mol. The lowest BCUT2D eigenvalue weighted by molar-refractivity contribution is 0.0399. The first-order valence-corrected chi connectivity index (χ1v) is 7.66. The summed E-state index contributed by atoms with van der Waals surface area (Å²) in [5.41, 5.74) is -0.474. The minimum absolute atomic E-state index is 0.333. The molecule has 118 valence electrons. The van der Waals surface area contributed by atoms with Crippen LogP contribution in [0.25, 0.3) is 0 Å². The monoisotopic (exact) mass is 293 g/mol. The fourth-order valence-corrected chi connectivity index (χ4v) is 2.58. The fraction of sp³-hybridized carbons (Fsp3) is 0.688. The van der Waals surface area contributed by atoms with Gasteiger partial charge in [-0.15, -0.1) is 0 Å². The molecule has 1 saturated heterocycles. The van der Waals surface area contributed by atoms with Crippen molar-refractivity contribution in [2.75, 3.05) is 26.7 Å². The normalized spacial score (nSPS) is 21.5. The van der Waals surface area contributed by atoms with E-state index in [2.05, 4.69) is 16.8 Å². The van der Waals surface area contributed by atoms with Gasteiger partial charge in [-0.2, -0.15) is 0 Å². The Morgan fingerprint density at radius 3 is 2.43 bits per heavy atom. The molecule has 5 nitrogen and oxygen atoms in total. The van der Waals surface area contributed by atoms with E-state index >= 15 is 0 Å². The van der Waals surface area contributed by atoms with Gasteiger partial charge in [0.05, 0.1) is 0 Å². The summed E-state index contributed by atoms with van der Waals surface area (Å²) < 4.78 is 5.39. The van der Waals surface area contributed by atoms with Gasteiger partial charge in [0.15, 0.2) is 0 Å². The molecule has 0 saturated carbocycles. The number of rotatable bonds is 1. The van der Waals surface area contributed by atoms with Gasteiger partial charge in [-0.25, -0.2) is 4.79 Å². The molecule has 2 aliphatic heterocycles. The molecule has 2 aliphatic rings. The number of amides is 1. The molecule has 1 amide bonds. The smallest absolute Gasteiger partial charge is 0.418 e. The van der Waals surface area contributed by atoms with Gasteiger partial charge < -0.3 is 14.5 Å². The Morgan fingerprint density at radius 2 is 1.81 bits per heavy atom. The first kappa shape index (κ1) is 15.9. The summed E-state index contributed by atoms with van der Waals surface area (Å²) in [7, 11) is 2.17. The van der Waals surface area contributed by atoms with Crippen molar-refractivity contribution < 1.29 is 9.53 Å². The van der Waals surface area contributed by atoms with E-state index in [-0.39, 0.29) is 6.09 Å². The van der Waals surface area contributed by atoms with Crippen LogP contribution >= 0.6 is 0 Å². The van der Waals surface area contributed by atoms with Gasteiger partial charge in [-0.1, -0.05) is 0 Å². The summed E-state index contributed by atoms with van der Waals surface area (Å²) in [4.78, 5) is 18.3. The predicted molar refractivity (Wildman–Crippen MR) is 83.6 cm³/mol. The first-order chi connectivity index (χ1) is 9.85. The summed E-state index contributed by atoms with van der Waals surface area (Å²) in [6.07, 6.45) is 9.63. The maximum atomic E-state index is 12.1. The molecule has 0 unspecified atom stereocenters. The molecule has 0 aromatic rings. The maximum Gasteiger partial charge on any atom is 0.418 e. The standard InChI is InChI=1S/C16H27N3O2/c1-16(2,3)21-15(20)19-9-5-8-18(12-13-19)14-6-10-17(4)11-7-14/h5,9,12-14H,6-8,10-11H2,1-4H3. The largest absolute Gasteiger partial charge is 0.443 e. The van der Waals surface area contributed by atoms with Crippen molar-refractivity contribution in [3.8, 4) is 0 Å². The number of likely N-dealkylation sites (tertiary alicyclic amines) is 1. The van der Waals surface area contributed by atoms with E-state index < -0.39 is 5.60 Å². The zero-order valence-electron chi connectivity index (χ0n) is 13.6. The third-order valence-corrected chi connectivity index (χ3v) is 3.76. The number of nitrogens with zero attached hydrogens (tertiary/aromatic N) is 3. The van der Waals surface area contributed by atoms with Crippen LogP contribution in [0.2, 0.25) is 0 Å². The molecule has 0 atom stereocenters. The van der Waals surface area contributed by atoms with Gasteiger partial charge in [0.2, 0.25) is 0 Å². The Kier molecular flexibility index (Phi) is 4.93. The van der Waals surface area contributed by atoms with Crippen molar-refractivity contribution >= 4 is 6.09 Å². The summed E-state index contributed by atoms with van der Waals surface area (Å²) in [6, 6.07) is 0.556. The van der Waals surface area contributed by atoms with E-state index in [0.29, 0.717) is 6.04 Å². The average Bonchev–Trinajstić information content (AvgIpc) is 2.63. The molecular weight excluding hydrogens is 266 g/mol. The molecular formula is C16H27N3O2. The lowest BCUT2D eigenvalue weighted by atomic mass is 10.0. The molecule has 5 heteroatoms. The highest BCUT2D eigenvalue weighted by Gasteiger charge is 2.23. The quantitative estimate of drug-likeness (QED) is 0.744. The lowest BCUT2D eigenvalue weighted by Gasteiger charge is -2.35. The van der Waals surface area contributed by atoms with Gasteiger partial charge in [-0.05, 0) is 59.8 Å². The van der Waals surface area contributed by atoms with Crippen molar-refractivity contribution in [3.05, 3.63) is 24.7 Å². The van der Waals surface area contributed by atoms with E-state index in [9.17, 15) is 4.79 Å². The summed E-state index contributed by atoms with van der Waals surface area (Å²) in [5, 5.41) is 0. The van der Waals surface area contributed by atoms with Crippen LogP contribution in [-0.2, 0) is 4.74 Å². The molecule has 2 rings (SSSR count). The molecule has 21 heavy (non-hydrogen) atoms. The lowest BCUT2D eigenvalue weighted by Crippen LogP contribution is -2.41. The highest BCUT2D eigenvalue weighted by Crippen LogP contribution is 2.18. The molecule has 0 bridgehead atoms. The van der Waals surface area contributed by atoms with Crippen LogP contribution in [0.3, 0.4) is 0 Å². The Morgan fingerprint density at radius 1 is 1.14 bits per heavy atom. The highest BCUT2D eigenvalue weighted by atomic mass is 16.6. The number of hydrogen-bond acceptors (Lipinski definition) is 4. The van der Waals surface area contributed by atoms with Crippen molar-refractivity contribution in [2.45, 2.75) is 45.3 Å². The van der Waals surface area contributed by atoms with Crippen LogP contribution in [0, 0.1) is 0 Å². The Labute approximate surface area is 127 Å². The summed E-state index contributed by atoms with van der Waals surface area (Å²) in [6.45, 7) is 8.73. The second kappa shape index (κ2) is 6.52. The van der Waals surface area contributed by atoms with Gasteiger partial charge in [0.1, 0.15) is 5.60 Å². The molecule has 0 N–H and O–H groups in total. The van der Waals surface area contributed by atoms with Crippen LogP contribution in [0.4, 0.5) is 4.79 Å². The molecule has 0 aliphatic carbocycles. The van der Waals surface area contributed by atoms with Crippen molar-refractivity contribution in [3.63, 3.8) is 0 Å². The summed E-state index contributed by atoms with van der Waals surface area (Å²) >= 11 is 0. The highest BCUT2D eigenvalue weighted by molar-refractivity contribution is 5.70. The van der Waals surface area contributed by atoms with E-state index in [0.717, 1.165) is 19.6 Å². The summed E-state index contributed by atoms with van der Waals surface area (Å²) in [5.74, 6) is 0. The van der Waals surface area contributed by atoms with E-state index in [1.54, 1.807) is 12.4 Å². The number of carbonyl (C=O) groups excluding carboxylic acids is 1. The van der Waals surface area contributed by atoms with Crippen molar-refractivity contribution in [1.29, 1.82) is 0 Å². The van der Waals surface area contributed by atoms with Crippen LogP contribution < -0.4 is 0 Å². The van der Waals surface area contributed by atoms with E-state index in [4.69, 9.17) is 4.74 Å². The molecule has 0 radical (unpaired) electrons. The number of carbonyl (C=O) groups is 1. The number of piperidine rings is 1. The SMILES string of the molecule is CN1CCC(N2C=CN(C(=O)OC(C)(C)C)C=CC2)CC1. The zero-order valence-corrected chi connectivity index (χ0v) is 13.6. The molecule has 2 heterocycles. The molecule has 0 aromatic heterocycles. The number of ether oxygens (including phenoxy) is 1. The van der Waals surface area contributed by atoms with E-state index in [1.807, 2.05) is 33.0 Å². The van der Waals surface area contributed by atoms with E-state index in [1.165, 1.54) is 17.7 Å². The van der Waals surface area contributed by atoms with Crippen LogP contribution in [0.1, 0.15) is 33.6 Å². The molecule has 1 fully saturated rings. The molecule has 0 spiro atoms. The Bertz CT molecular complexity index is 418. The zero-order chi connectivity index (χ0) is 15.5. The van der Waals surface area contributed by atoms with Gasteiger partial charge in [0.25, 0.3) is 0 Å². The van der Waals surface area contributed by atoms with Crippen molar-refractivity contribution in [1.82, 2.24) is 14.7 Å². The first-order valence-electron chi connectivity index (χ1n) is 7.66. The minimum Gasteiger partial charge on any atom is -0.443 e. The maximum absolute atomic E-state index is 12.1. The third-order valence-electron chi connectivity index (χ3n) is 3.76. The molecule has 0 aromatic carbocycles. The van der Waals surface area contributed by atoms with Crippen LogP contribution in [0.5, 0.6) is 0 Å². The number of hydrogen-bond donors (Lipinski definition) is 0. The topological polar surface area (TPSA) is 36.0 Å². The van der Waals surface area contributed by atoms with Gasteiger partial charge in [0, 0.05) is 31.2 Å². The van der Waals surface area contributed by atoms with Gasteiger partial charge >= 0.3 is 6.09 Å². The fourth-order valence-electron chi connectivity index (χ4n) is 2.58. The minimum atomic E-state index is -0.474.